The summed E-state index contributed by atoms with van der Waals surface area (Å²) in [5.74, 6) is 0. The van der Waals surface area contributed by atoms with E-state index in [-0.39, 0.29) is 0 Å². The fraction of sp³-hybridized carbons (Fsp3) is 0.0118. The van der Waals surface area contributed by atoms with Crippen molar-refractivity contribution in [2.45, 2.75) is 6.18 Å². The van der Waals surface area contributed by atoms with Crippen molar-refractivity contribution in [1.29, 1.82) is 0 Å². The van der Waals surface area contributed by atoms with Crippen LogP contribution in [0.5, 0.6) is 0 Å². The van der Waals surface area contributed by atoms with Crippen molar-refractivity contribution in [3.8, 4) is 39.6 Å². The Hall–Kier alpha value is -12.3. The van der Waals surface area contributed by atoms with Crippen LogP contribution in [0, 0.1) is 0 Å². The van der Waals surface area contributed by atoms with Crippen LogP contribution in [0.2, 0.25) is 0 Å². The maximum atomic E-state index is 16.2. The van der Waals surface area contributed by atoms with Crippen molar-refractivity contribution in [2.24, 2.45) is 0 Å². The molecule has 14 aromatic carbocycles. The fourth-order valence-electron chi connectivity index (χ4n) is 15.5. The Bertz CT molecular complexity index is 5790. The van der Waals surface area contributed by atoms with Gasteiger partial charge >= 0.3 is 6.18 Å². The number of anilines is 3. The molecule has 0 aliphatic heterocycles. The lowest BCUT2D eigenvalue weighted by atomic mass is 9.93. The minimum absolute atomic E-state index is 0.382. The number of fused-ring (bicyclic) bond motifs is 15. The lowest BCUT2D eigenvalue weighted by Gasteiger charge is -2.32. The van der Waals surface area contributed by atoms with E-state index in [4.69, 9.17) is 0 Å². The predicted molar refractivity (Wildman–Crippen MR) is 383 cm³/mol. The van der Waals surface area contributed by atoms with E-state index in [9.17, 15) is 0 Å². The van der Waals surface area contributed by atoms with Crippen LogP contribution < -0.4 is 4.90 Å². The van der Waals surface area contributed by atoms with E-state index in [2.05, 4.69) is 313 Å². The van der Waals surface area contributed by atoms with Crippen LogP contribution in [-0.2, 0) is 6.18 Å². The van der Waals surface area contributed by atoms with Gasteiger partial charge in [-0.2, -0.15) is 13.2 Å². The Morgan fingerprint density at radius 2 is 0.479 bits per heavy atom. The van der Waals surface area contributed by atoms with Gasteiger partial charge < -0.3 is 27.7 Å². The standard InChI is InChI=1S/C85H53F3N6/c86-85(87,88)55-27-25-26-54(52-55)79-80(90-69-41-16-7-32-59(69)60-33-8-17-42-70(60)90)82(92-73-45-20-11-36-63(73)64-37-12-21-46-74(64)92)84(94-77-49-24-15-40-67(77)68-53-58(50-51-78(68)94)89(56-28-3-1-4-29-56)57-30-5-2-6-31-57)83(93-75-47-22-13-38-65(75)66-39-14-23-48-76(66)93)81(79)91-71-43-18-9-34-61(71)62-35-10-19-44-72(62)91/h1-53H. The highest BCUT2D eigenvalue weighted by atomic mass is 19.4. The van der Waals surface area contributed by atoms with Crippen LogP contribution in [0.1, 0.15) is 5.56 Å². The molecule has 0 fully saturated rings. The molecule has 0 bridgehead atoms. The number of halogens is 3. The molecule has 0 aliphatic rings. The largest absolute Gasteiger partial charge is 0.416 e. The molecular formula is C85H53F3N6. The summed E-state index contributed by atoms with van der Waals surface area (Å²) in [6.45, 7) is 0. The first-order valence-electron chi connectivity index (χ1n) is 31.7. The zero-order chi connectivity index (χ0) is 62.3. The van der Waals surface area contributed by atoms with Gasteiger partial charge in [0.25, 0.3) is 0 Å². The third-order valence-electron chi connectivity index (χ3n) is 19.2. The quantitative estimate of drug-likeness (QED) is 0.142. The molecule has 0 unspecified atom stereocenters. The van der Waals surface area contributed by atoms with Crippen LogP contribution in [0.4, 0.5) is 30.2 Å². The van der Waals surface area contributed by atoms with Gasteiger partial charge in [-0.05, 0) is 115 Å². The third kappa shape index (κ3) is 7.78. The topological polar surface area (TPSA) is 27.9 Å². The van der Waals surface area contributed by atoms with E-state index >= 15 is 13.2 Å². The monoisotopic (exact) mass is 1210 g/mol. The van der Waals surface area contributed by atoms with E-state index in [0.717, 1.165) is 143 Å². The number of para-hydroxylation sites is 11. The summed E-state index contributed by atoms with van der Waals surface area (Å²) in [4.78, 5) is 2.31. The van der Waals surface area contributed by atoms with Crippen LogP contribution in [0.15, 0.2) is 322 Å². The molecule has 0 saturated carbocycles. The average Bonchev–Trinajstić information content (AvgIpc) is 1.44. The number of alkyl halides is 3. The molecule has 5 heterocycles. The van der Waals surface area contributed by atoms with E-state index in [1.807, 2.05) is 18.2 Å². The van der Waals surface area contributed by atoms with Crippen LogP contribution in [0.25, 0.3) is 149 Å². The molecule has 6 nitrogen and oxygen atoms in total. The van der Waals surface area contributed by atoms with Crippen molar-refractivity contribution in [3.63, 3.8) is 0 Å². The number of hydrogen-bond acceptors (Lipinski definition) is 1. The van der Waals surface area contributed by atoms with E-state index in [0.29, 0.717) is 22.5 Å². The smallest absolute Gasteiger partial charge is 0.310 e. The Morgan fingerprint density at radius 3 is 0.798 bits per heavy atom. The minimum atomic E-state index is -4.71. The van der Waals surface area contributed by atoms with Crippen molar-refractivity contribution in [2.75, 3.05) is 4.90 Å². The second kappa shape index (κ2) is 20.6. The second-order valence-electron chi connectivity index (χ2n) is 24.2. The molecule has 444 valence electrons. The highest BCUT2D eigenvalue weighted by Crippen LogP contribution is 2.55. The summed E-state index contributed by atoms with van der Waals surface area (Å²) >= 11 is 0. The maximum absolute atomic E-state index is 16.2. The van der Waals surface area contributed by atoms with Gasteiger partial charge in [-0.1, -0.05) is 212 Å². The molecule has 0 amide bonds. The zero-order valence-electron chi connectivity index (χ0n) is 50.4. The Morgan fingerprint density at radius 1 is 0.213 bits per heavy atom. The number of hydrogen-bond donors (Lipinski definition) is 0. The van der Waals surface area contributed by atoms with Gasteiger partial charge in [0.05, 0.1) is 89.2 Å². The van der Waals surface area contributed by atoms with Gasteiger partial charge in [0.2, 0.25) is 0 Å². The molecule has 94 heavy (non-hydrogen) atoms. The van der Waals surface area contributed by atoms with Gasteiger partial charge in [-0.15, -0.1) is 0 Å². The second-order valence-corrected chi connectivity index (χ2v) is 24.2. The normalized spacial score (nSPS) is 12.2. The van der Waals surface area contributed by atoms with Gasteiger partial charge in [-0.3, -0.25) is 0 Å². The Balaban J connectivity index is 1.16. The molecule has 9 heteroatoms. The highest BCUT2D eigenvalue weighted by molar-refractivity contribution is 6.19. The molecule has 0 aliphatic carbocycles. The van der Waals surface area contributed by atoms with Crippen molar-refractivity contribution in [3.05, 3.63) is 327 Å². The first-order valence-corrected chi connectivity index (χ1v) is 31.7. The fourth-order valence-corrected chi connectivity index (χ4v) is 15.5. The average molecular weight is 1220 g/mol. The molecule has 0 N–H and O–H groups in total. The summed E-state index contributed by atoms with van der Waals surface area (Å²) in [5.41, 5.74) is 15.9. The van der Waals surface area contributed by atoms with Crippen LogP contribution >= 0.6 is 0 Å². The molecule has 19 rings (SSSR count). The number of benzene rings is 14. The minimum Gasteiger partial charge on any atom is -0.310 e. The van der Waals surface area contributed by atoms with Crippen LogP contribution in [0.3, 0.4) is 0 Å². The number of aromatic nitrogens is 5. The van der Waals surface area contributed by atoms with Crippen molar-refractivity contribution < 1.29 is 13.2 Å². The maximum Gasteiger partial charge on any atom is 0.416 e. The lowest BCUT2D eigenvalue weighted by molar-refractivity contribution is -0.137. The lowest BCUT2D eigenvalue weighted by Crippen LogP contribution is -2.18. The first kappa shape index (κ1) is 53.5. The molecular weight excluding hydrogens is 1160 g/mol. The van der Waals surface area contributed by atoms with Gasteiger partial charge in [0.15, 0.2) is 0 Å². The summed E-state index contributed by atoms with van der Waals surface area (Å²) in [7, 11) is 0. The summed E-state index contributed by atoms with van der Waals surface area (Å²) in [5, 5.41) is 10.1. The molecule has 0 spiro atoms. The first-order chi connectivity index (χ1) is 46.4. The van der Waals surface area contributed by atoms with E-state index in [1.165, 1.54) is 12.1 Å². The van der Waals surface area contributed by atoms with Gasteiger partial charge in [-0.25, -0.2) is 0 Å². The van der Waals surface area contributed by atoms with E-state index in [1.54, 1.807) is 6.07 Å². The zero-order valence-corrected chi connectivity index (χ0v) is 50.4. The molecule has 0 saturated heterocycles. The number of nitrogens with zero attached hydrogens (tertiary/aromatic N) is 6. The summed E-state index contributed by atoms with van der Waals surface area (Å²) < 4.78 is 60.5. The Labute approximate surface area is 536 Å². The molecule has 5 aromatic heterocycles. The molecule has 0 radical (unpaired) electrons. The summed E-state index contributed by atoms with van der Waals surface area (Å²) in [6.07, 6.45) is -4.71. The predicted octanol–water partition coefficient (Wildman–Crippen LogP) is 23.3. The van der Waals surface area contributed by atoms with Gasteiger partial charge in [0.1, 0.15) is 0 Å². The summed E-state index contributed by atoms with van der Waals surface area (Å²) in [6, 6.07) is 111. The molecule has 0 atom stereocenters. The highest BCUT2D eigenvalue weighted by Gasteiger charge is 2.38. The third-order valence-corrected chi connectivity index (χ3v) is 19.2. The van der Waals surface area contributed by atoms with Crippen molar-refractivity contribution >= 4 is 126 Å². The van der Waals surface area contributed by atoms with Gasteiger partial charge in [0, 0.05) is 76.5 Å². The molecule has 19 aromatic rings. The van der Waals surface area contributed by atoms with E-state index < -0.39 is 11.7 Å². The van der Waals surface area contributed by atoms with Crippen molar-refractivity contribution in [1.82, 2.24) is 22.8 Å². The SMILES string of the molecule is FC(F)(F)c1cccc(-c2c(-n3c4ccccc4c4ccccc43)c(-n3c4ccccc4c4ccccc43)c(-n3c4ccccc4c4cc(N(c5ccccc5)c5ccccc5)ccc43)c(-n3c4ccccc4c4ccccc43)c2-n2c3ccccc3c3ccccc32)c1. The Kier molecular flexibility index (Phi) is 11.7. The number of rotatable bonds is 9. The van der Waals surface area contributed by atoms with Crippen LogP contribution in [-0.4, -0.2) is 22.8 Å².